The van der Waals surface area contributed by atoms with E-state index in [1.807, 2.05) is 50.2 Å². The minimum absolute atomic E-state index is 0.0461. The molecule has 0 spiro atoms. The first kappa shape index (κ1) is 17.5. The average Bonchev–Trinajstić information content (AvgIpc) is 2.59. The van der Waals surface area contributed by atoms with E-state index >= 15 is 0 Å². The molecule has 126 valence electrons. The molecule has 1 aromatic carbocycles. The van der Waals surface area contributed by atoms with Crippen LogP contribution in [-0.2, 0) is 11.3 Å². The van der Waals surface area contributed by atoms with Gasteiger partial charge in [-0.25, -0.2) is 4.79 Å². The minimum atomic E-state index is -0.627. The summed E-state index contributed by atoms with van der Waals surface area (Å²) in [7, 11) is 0. The predicted molar refractivity (Wildman–Crippen MR) is 93.3 cm³/mol. The molecular formula is C18H22N4O2. The first-order valence-electron chi connectivity index (χ1n) is 7.86. The molecule has 0 radical (unpaired) electrons. The number of hydrogen-bond acceptors (Lipinski definition) is 3. The van der Waals surface area contributed by atoms with Crippen LogP contribution in [0.25, 0.3) is 0 Å². The van der Waals surface area contributed by atoms with Gasteiger partial charge in [0, 0.05) is 11.9 Å². The molecule has 2 rings (SSSR count). The summed E-state index contributed by atoms with van der Waals surface area (Å²) < 4.78 is 0. The molecule has 0 aliphatic carbocycles. The number of urea groups is 1. The summed E-state index contributed by atoms with van der Waals surface area (Å²) in [6.45, 7) is 4.09. The molecule has 1 atom stereocenters. The fourth-order valence-electron chi connectivity index (χ4n) is 2.16. The Morgan fingerprint density at radius 2 is 1.75 bits per heavy atom. The molecule has 3 N–H and O–H groups in total. The average molecular weight is 326 g/mol. The molecule has 0 bridgehead atoms. The zero-order chi connectivity index (χ0) is 17.4. The number of hydrogen-bond donors (Lipinski definition) is 3. The van der Waals surface area contributed by atoms with Crippen LogP contribution in [0.2, 0.25) is 0 Å². The number of amides is 3. The van der Waals surface area contributed by atoms with E-state index in [1.54, 1.807) is 18.3 Å². The number of nitrogens with one attached hydrogen (secondary N) is 3. The third-order valence-corrected chi connectivity index (χ3v) is 3.44. The molecule has 6 heteroatoms. The lowest BCUT2D eigenvalue weighted by Gasteiger charge is -2.22. The van der Waals surface area contributed by atoms with Crippen LogP contribution in [0.15, 0.2) is 54.7 Å². The van der Waals surface area contributed by atoms with Gasteiger partial charge in [-0.3, -0.25) is 9.78 Å². The molecule has 0 saturated heterocycles. The van der Waals surface area contributed by atoms with E-state index in [2.05, 4.69) is 20.9 Å². The maximum Gasteiger partial charge on any atom is 0.319 e. The van der Waals surface area contributed by atoms with Gasteiger partial charge in [-0.15, -0.1) is 0 Å². The molecular weight excluding hydrogens is 304 g/mol. The van der Waals surface area contributed by atoms with Crippen LogP contribution >= 0.6 is 0 Å². The third kappa shape index (κ3) is 5.39. The fourth-order valence-corrected chi connectivity index (χ4v) is 2.16. The largest absolute Gasteiger partial charge is 0.349 e. The van der Waals surface area contributed by atoms with Crippen molar-refractivity contribution in [3.05, 3.63) is 60.4 Å². The summed E-state index contributed by atoms with van der Waals surface area (Å²) in [4.78, 5) is 28.6. The second-order valence-corrected chi connectivity index (χ2v) is 5.73. The highest BCUT2D eigenvalue weighted by Gasteiger charge is 2.24. The summed E-state index contributed by atoms with van der Waals surface area (Å²) in [6, 6.07) is 13.6. The number of anilines is 1. The van der Waals surface area contributed by atoms with E-state index in [-0.39, 0.29) is 11.8 Å². The van der Waals surface area contributed by atoms with Gasteiger partial charge in [-0.2, -0.15) is 0 Å². The van der Waals surface area contributed by atoms with Crippen molar-refractivity contribution in [2.45, 2.75) is 26.4 Å². The number of carbonyl (C=O) groups is 2. The molecule has 0 fully saturated rings. The highest BCUT2D eigenvalue weighted by Crippen LogP contribution is 2.07. The molecule has 0 aliphatic heterocycles. The van der Waals surface area contributed by atoms with Gasteiger partial charge >= 0.3 is 6.03 Å². The SMILES string of the molecule is CC(C)C(NC(=O)Nc1ccccc1)C(=O)NCc1ccccn1. The van der Waals surface area contributed by atoms with Gasteiger partial charge in [0.15, 0.2) is 0 Å². The van der Waals surface area contributed by atoms with Gasteiger partial charge < -0.3 is 16.0 Å². The van der Waals surface area contributed by atoms with E-state index in [0.717, 1.165) is 5.69 Å². The van der Waals surface area contributed by atoms with Crippen molar-refractivity contribution in [3.8, 4) is 0 Å². The monoisotopic (exact) mass is 326 g/mol. The Balaban J connectivity index is 1.90. The Labute approximate surface area is 141 Å². The van der Waals surface area contributed by atoms with Crippen molar-refractivity contribution < 1.29 is 9.59 Å². The van der Waals surface area contributed by atoms with E-state index in [0.29, 0.717) is 12.2 Å². The first-order valence-corrected chi connectivity index (χ1v) is 7.86. The standard InChI is InChI=1S/C18H22N4O2/c1-13(2)16(17(23)20-12-15-10-6-7-11-19-15)22-18(24)21-14-8-4-3-5-9-14/h3-11,13,16H,12H2,1-2H3,(H,20,23)(H2,21,22,24). The van der Waals surface area contributed by atoms with Crippen molar-refractivity contribution >= 4 is 17.6 Å². The van der Waals surface area contributed by atoms with Crippen molar-refractivity contribution in [1.82, 2.24) is 15.6 Å². The lowest BCUT2D eigenvalue weighted by atomic mass is 10.0. The summed E-state index contributed by atoms with van der Waals surface area (Å²) in [5.41, 5.74) is 1.44. The van der Waals surface area contributed by atoms with E-state index in [4.69, 9.17) is 0 Å². The number of aromatic nitrogens is 1. The molecule has 1 aromatic heterocycles. The highest BCUT2D eigenvalue weighted by molar-refractivity contribution is 5.93. The van der Waals surface area contributed by atoms with Crippen LogP contribution in [0.4, 0.5) is 10.5 Å². The molecule has 3 amide bonds. The van der Waals surface area contributed by atoms with Crippen LogP contribution in [0, 0.1) is 5.92 Å². The van der Waals surface area contributed by atoms with Gasteiger partial charge in [0.1, 0.15) is 6.04 Å². The van der Waals surface area contributed by atoms with E-state index in [9.17, 15) is 9.59 Å². The number of para-hydroxylation sites is 1. The van der Waals surface area contributed by atoms with Crippen LogP contribution in [0.1, 0.15) is 19.5 Å². The number of rotatable bonds is 6. The summed E-state index contributed by atoms with van der Waals surface area (Å²) in [5.74, 6) is -0.283. The maximum atomic E-state index is 12.4. The molecule has 2 aromatic rings. The Hall–Kier alpha value is -2.89. The van der Waals surface area contributed by atoms with Crippen molar-refractivity contribution in [3.63, 3.8) is 0 Å². The molecule has 1 heterocycles. The maximum absolute atomic E-state index is 12.4. The van der Waals surface area contributed by atoms with Gasteiger partial charge in [0.05, 0.1) is 12.2 Å². The number of pyridine rings is 1. The summed E-state index contributed by atoms with van der Waals surface area (Å²) in [6.07, 6.45) is 1.67. The highest BCUT2D eigenvalue weighted by atomic mass is 16.2. The molecule has 24 heavy (non-hydrogen) atoms. The Morgan fingerprint density at radius 3 is 2.38 bits per heavy atom. The van der Waals surface area contributed by atoms with E-state index in [1.165, 1.54) is 0 Å². The first-order chi connectivity index (χ1) is 11.6. The predicted octanol–water partition coefficient (Wildman–Crippen LogP) is 2.54. The lowest BCUT2D eigenvalue weighted by molar-refractivity contribution is -0.124. The van der Waals surface area contributed by atoms with Crippen molar-refractivity contribution in [2.24, 2.45) is 5.92 Å². The topological polar surface area (TPSA) is 83.1 Å². The third-order valence-electron chi connectivity index (χ3n) is 3.44. The van der Waals surface area contributed by atoms with Crippen molar-refractivity contribution in [1.29, 1.82) is 0 Å². The van der Waals surface area contributed by atoms with Crippen LogP contribution in [0.5, 0.6) is 0 Å². The Bertz CT molecular complexity index is 659. The number of nitrogens with zero attached hydrogens (tertiary/aromatic N) is 1. The zero-order valence-corrected chi connectivity index (χ0v) is 13.8. The normalized spacial score (nSPS) is 11.6. The summed E-state index contributed by atoms with van der Waals surface area (Å²) in [5, 5.41) is 8.24. The molecule has 6 nitrogen and oxygen atoms in total. The number of benzene rings is 1. The Morgan fingerprint density at radius 1 is 1.04 bits per heavy atom. The minimum Gasteiger partial charge on any atom is -0.349 e. The van der Waals surface area contributed by atoms with Gasteiger partial charge in [-0.1, -0.05) is 38.1 Å². The molecule has 0 saturated carbocycles. The number of carbonyl (C=O) groups excluding carboxylic acids is 2. The lowest BCUT2D eigenvalue weighted by Crippen LogP contribution is -2.50. The van der Waals surface area contributed by atoms with E-state index < -0.39 is 12.1 Å². The zero-order valence-electron chi connectivity index (χ0n) is 13.8. The van der Waals surface area contributed by atoms with Crippen molar-refractivity contribution in [2.75, 3.05) is 5.32 Å². The second kappa shape index (κ2) is 8.67. The van der Waals surface area contributed by atoms with Gasteiger partial charge in [0.25, 0.3) is 0 Å². The summed E-state index contributed by atoms with van der Waals surface area (Å²) >= 11 is 0. The van der Waals surface area contributed by atoms with Gasteiger partial charge in [-0.05, 0) is 30.2 Å². The molecule has 0 aliphatic rings. The van der Waals surface area contributed by atoms with Gasteiger partial charge in [0.2, 0.25) is 5.91 Å². The van der Waals surface area contributed by atoms with Crippen LogP contribution < -0.4 is 16.0 Å². The van der Waals surface area contributed by atoms with Crippen LogP contribution in [0.3, 0.4) is 0 Å². The quantitative estimate of drug-likeness (QED) is 0.763. The van der Waals surface area contributed by atoms with Crippen LogP contribution in [-0.4, -0.2) is 23.0 Å². The second-order valence-electron chi connectivity index (χ2n) is 5.73. The Kier molecular flexibility index (Phi) is 6.31. The molecule has 1 unspecified atom stereocenters. The fraction of sp³-hybridized carbons (Fsp3) is 0.278. The smallest absolute Gasteiger partial charge is 0.319 e.